The Bertz CT molecular complexity index is 1100. The molecule has 1 aliphatic heterocycles. The SMILES string of the molecule is CC.O=C(NCc1ccccn1)C1CCN(C2c3ccc(Cl)cc3CCc3cc(Br)cnc32)CC1. The van der Waals surface area contributed by atoms with Crippen LogP contribution in [0.25, 0.3) is 0 Å². The van der Waals surface area contributed by atoms with Gasteiger partial charge < -0.3 is 5.32 Å². The van der Waals surface area contributed by atoms with Crippen LogP contribution in [0.15, 0.2) is 59.3 Å². The van der Waals surface area contributed by atoms with Gasteiger partial charge in [-0.2, -0.15) is 0 Å². The van der Waals surface area contributed by atoms with E-state index in [2.05, 4.69) is 49.3 Å². The summed E-state index contributed by atoms with van der Waals surface area (Å²) < 4.78 is 1.01. The Kier molecular flexibility index (Phi) is 8.93. The molecular formula is C28H32BrClN4O. The lowest BCUT2D eigenvalue weighted by Crippen LogP contribution is -2.42. The highest BCUT2D eigenvalue weighted by atomic mass is 79.9. The summed E-state index contributed by atoms with van der Waals surface area (Å²) in [6.07, 6.45) is 7.20. The number of likely N-dealkylation sites (tertiary alicyclic amines) is 1. The zero-order valence-electron chi connectivity index (χ0n) is 20.3. The summed E-state index contributed by atoms with van der Waals surface area (Å²) >= 11 is 9.93. The molecule has 0 bridgehead atoms. The molecule has 1 amide bonds. The molecule has 2 aromatic heterocycles. The van der Waals surface area contributed by atoms with Crippen LogP contribution in [-0.2, 0) is 24.2 Å². The highest BCUT2D eigenvalue weighted by Gasteiger charge is 2.34. The van der Waals surface area contributed by atoms with Gasteiger partial charge in [-0.1, -0.05) is 37.6 Å². The summed E-state index contributed by atoms with van der Waals surface area (Å²) in [5.74, 6) is 0.147. The second kappa shape index (κ2) is 12.1. The molecule has 1 N–H and O–H groups in total. The Morgan fingerprint density at radius 1 is 1.09 bits per heavy atom. The normalized spacial score (nSPS) is 17.9. The fourth-order valence-electron chi connectivity index (χ4n) is 5.03. The number of halogens is 2. The average molecular weight is 556 g/mol. The van der Waals surface area contributed by atoms with E-state index < -0.39 is 0 Å². The molecular weight excluding hydrogens is 524 g/mol. The molecule has 1 unspecified atom stereocenters. The minimum Gasteiger partial charge on any atom is -0.350 e. The van der Waals surface area contributed by atoms with Gasteiger partial charge in [0, 0.05) is 27.8 Å². The van der Waals surface area contributed by atoms with Crippen molar-refractivity contribution >= 4 is 33.4 Å². The molecule has 5 rings (SSSR count). The van der Waals surface area contributed by atoms with Gasteiger partial charge in [-0.3, -0.25) is 19.7 Å². The van der Waals surface area contributed by atoms with Gasteiger partial charge in [-0.15, -0.1) is 0 Å². The van der Waals surface area contributed by atoms with Gasteiger partial charge in [0.25, 0.3) is 0 Å². The van der Waals surface area contributed by atoms with E-state index in [-0.39, 0.29) is 17.9 Å². The minimum atomic E-state index is 0.0257. The first-order valence-corrected chi connectivity index (χ1v) is 13.6. The summed E-state index contributed by atoms with van der Waals surface area (Å²) in [6.45, 7) is 6.18. The number of aryl methyl sites for hydroxylation is 2. The van der Waals surface area contributed by atoms with Gasteiger partial charge in [-0.05, 0) is 102 Å². The summed E-state index contributed by atoms with van der Waals surface area (Å²) in [4.78, 5) is 24.4. The Balaban J connectivity index is 0.00000141. The van der Waals surface area contributed by atoms with Crippen molar-refractivity contribution in [2.75, 3.05) is 13.1 Å². The van der Waals surface area contributed by atoms with Crippen LogP contribution in [-0.4, -0.2) is 33.9 Å². The van der Waals surface area contributed by atoms with Crippen molar-refractivity contribution in [1.82, 2.24) is 20.2 Å². The third-order valence-corrected chi connectivity index (χ3v) is 7.39. The summed E-state index contributed by atoms with van der Waals surface area (Å²) in [7, 11) is 0. The molecule has 0 saturated carbocycles. The van der Waals surface area contributed by atoms with Crippen LogP contribution in [0.2, 0.25) is 5.02 Å². The number of aromatic nitrogens is 2. The van der Waals surface area contributed by atoms with Gasteiger partial charge >= 0.3 is 0 Å². The van der Waals surface area contributed by atoms with Crippen LogP contribution in [0.5, 0.6) is 0 Å². The molecule has 1 aliphatic carbocycles. The Morgan fingerprint density at radius 3 is 2.60 bits per heavy atom. The van der Waals surface area contributed by atoms with E-state index in [1.165, 1.54) is 16.7 Å². The quantitative estimate of drug-likeness (QED) is 0.420. The van der Waals surface area contributed by atoms with Crippen molar-refractivity contribution in [3.63, 3.8) is 0 Å². The molecule has 1 aromatic carbocycles. The third-order valence-electron chi connectivity index (χ3n) is 6.73. The average Bonchev–Trinajstić information content (AvgIpc) is 3.05. The molecule has 3 aromatic rings. The monoisotopic (exact) mass is 554 g/mol. The third kappa shape index (κ3) is 6.11. The highest BCUT2D eigenvalue weighted by molar-refractivity contribution is 9.10. The number of hydrogen-bond acceptors (Lipinski definition) is 4. The van der Waals surface area contributed by atoms with E-state index in [1.54, 1.807) is 6.20 Å². The van der Waals surface area contributed by atoms with Gasteiger partial charge in [0.2, 0.25) is 5.91 Å². The standard InChI is InChI=1S/C26H26BrClN4O.C2H6/c27-20-13-19-5-4-18-14-21(28)6-7-23(18)25(24(19)30-15-20)32-11-8-17(9-12-32)26(33)31-16-22-3-1-2-10-29-22;1-2/h1-3,6-7,10,13-15,17,25H,4-5,8-9,11-12,16H2,(H,31,33);1-2H3. The molecule has 3 heterocycles. The van der Waals surface area contributed by atoms with Crippen LogP contribution in [0.3, 0.4) is 0 Å². The van der Waals surface area contributed by atoms with Crippen molar-refractivity contribution in [1.29, 1.82) is 0 Å². The van der Waals surface area contributed by atoms with E-state index in [0.29, 0.717) is 6.54 Å². The first kappa shape index (κ1) is 25.8. The first-order chi connectivity index (χ1) is 17.1. The number of carbonyl (C=O) groups is 1. The largest absolute Gasteiger partial charge is 0.350 e. The van der Waals surface area contributed by atoms with E-state index in [4.69, 9.17) is 16.6 Å². The summed E-state index contributed by atoms with van der Waals surface area (Å²) in [6, 6.07) is 14.3. The number of pyridine rings is 2. The van der Waals surface area contributed by atoms with Crippen LogP contribution >= 0.6 is 27.5 Å². The molecule has 7 heteroatoms. The number of rotatable bonds is 4. The van der Waals surface area contributed by atoms with E-state index in [0.717, 1.165) is 59.7 Å². The van der Waals surface area contributed by atoms with E-state index in [1.807, 2.05) is 44.3 Å². The fraction of sp³-hybridized carbons (Fsp3) is 0.393. The second-order valence-corrected chi connectivity index (χ2v) is 10.1. The minimum absolute atomic E-state index is 0.0257. The number of fused-ring (bicyclic) bond motifs is 2. The number of nitrogens with zero attached hydrogens (tertiary/aromatic N) is 3. The van der Waals surface area contributed by atoms with Crippen molar-refractivity contribution in [3.05, 3.63) is 92.4 Å². The number of piperidine rings is 1. The fourth-order valence-corrected chi connectivity index (χ4v) is 5.60. The molecule has 35 heavy (non-hydrogen) atoms. The predicted molar refractivity (Wildman–Crippen MR) is 144 cm³/mol. The molecule has 1 fully saturated rings. The zero-order valence-corrected chi connectivity index (χ0v) is 22.6. The maximum Gasteiger partial charge on any atom is 0.223 e. The number of amides is 1. The van der Waals surface area contributed by atoms with Gasteiger partial charge in [0.15, 0.2) is 0 Å². The summed E-state index contributed by atoms with van der Waals surface area (Å²) in [5, 5.41) is 3.84. The Labute approximate surface area is 221 Å². The second-order valence-electron chi connectivity index (χ2n) is 8.79. The number of benzene rings is 1. The number of hydrogen-bond donors (Lipinski definition) is 1. The topological polar surface area (TPSA) is 58.1 Å². The molecule has 184 valence electrons. The first-order valence-electron chi connectivity index (χ1n) is 12.4. The van der Waals surface area contributed by atoms with Crippen LogP contribution < -0.4 is 5.32 Å². The zero-order chi connectivity index (χ0) is 24.8. The highest BCUT2D eigenvalue weighted by Crippen LogP contribution is 2.39. The molecule has 0 radical (unpaired) electrons. The van der Waals surface area contributed by atoms with E-state index in [9.17, 15) is 4.79 Å². The summed E-state index contributed by atoms with van der Waals surface area (Å²) in [5.41, 5.74) is 5.85. The molecule has 2 aliphatic rings. The maximum absolute atomic E-state index is 12.8. The number of nitrogens with one attached hydrogen (secondary N) is 1. The lowest BCUT2D eigenvalue weighted by molar-refractivity contribution is -0.126. The maximum atomic E-state index is 12.8. The van der Waals surface area contributed by atoms with Gasteiger partial charge in [0.05, 0.1) is 24.0 Å². The van der Waals surface area contributed by atoms with Crippen molar-refractivity contribution < 1.29 is 4.79 Å². The van der Waals surface area contributed by atoms with Crippen molar-refractivity contribution in [2.45, 2.75) is 52.1 Å². The molecule has 1 saturated heterocycles. The molecule has 0 spiro atoms. The van der Waals surface area contributed by atoms with Crippen molar-refractivity contribution in [2.24, 2.45) is 5.92 Å². The van der Waals surface area contributed by atoms with E-state index >= 15 is 0 Å². The molecule has 5 nitrogen and oxygen atoms in total. The van der Waals surface area contributed by atoms with Crippen LogP contribution in [0, 0.1) is 5.92 Å². The Hall–Kier alpha value is -2.28. The lowest BCUT2D eigenvalue weighted by atomic mass is 9.91. The van der Waals surface area contributed by atoms with Crippen LogP contribution in [0.4, 0.5) is 0 Å². The smallest absolute Gasteiger partial charge is 0.223 e. The molecule has 1 atom stereocenters. The van der Waals surface area contributed by atoms with Crippen LogP contribution in [0.1, 0.15) is 60.8 Å². The number of carbonyl (C=O) groups excluding carboxylic acids is 1. The van der Waals surface area contributed by atoms with Gasteiger partial charge in [0.1, 0.15) is 0 Å². The Morgan fingerprint density at radius 2 is 1.86 bits per heavy atom. The lowest BCUT2D eigenvalue weighted by Gasteiger charge is -2.37. The predicted octanol–water partition coefficient (Wildman–Crippen LogP) is 6.14. The van der Waals surface area contributed by atoms with Crippen molar-refractivity contribution in [3.8, 4) is 0 Å². The van der Waals surface area contributed by atoms with Gasteiger partial charge in [-0.25, -0.2) is 0 Å².